The standard InChI is InChI=1S/C17H33NO2/c1-16(2,3)15-6-4-9-18(10-7-15)12-17(13-19)8-5-11-20-14-17/h15,19H,4-14H2,1-3H3. The Morgan fingerprint density at radius 2 is 2.00 bits per heavy atom. The van der Waals surface area contributed by atoms with Crippen LogP contribution in [0.3, 0.4) is 0 Å². The van der Waals surface area contributed by atoms with Gasteiger partial charge in [-0.3, -0.25) is 0 Å². The molecule has 0 amide bonds. The fourth-order valence-corrected chi connectivity index (χ4v) is 3.86. The highest BCUT2D eigenvalue weighted by Gasteiger charge is 2.35. The fraction of sp³-hybridized carbons (Fsp3) is 1.00. The molecule has 3 heteroatoms. The number of ether oxygens (including phenoxy) is 1. The number of rotatable bonds is 3. The molecule has 2 saturated heterocycles. The first-order valence-corrected chi connectivity index (χ1v) is 8.36. The average molecular weight is 283 g/mol. The van der Waals surface area contributed by atoms with Crippen LogP contribution in [0.4, 0.5) is 0 Å². The third kappa shape index (κ3) is 4.19. The molecule has 20 heavy (non-hydrogen) atoms. The van der Waals surface area contributed by atoms with E-state index in [9.17, 15) is 5.11 Å². The predicted octanol–water partition coefficient (Wildman–Crippen LogP) is 2.92. The lowest BCUT2D eigenvalue weighted by molar-refractivity contribution is -0.0551. The van der Waals surface area contributed by atoms with E-state index in [1.54, 1.807) is 0 Å². The third-order valence-corrected chi connectivity index (χ3v) is 5.34. The quantitative estimate of drug-likeness (QED) is 0.864. The van der Waals surface area contributed by atoms with Crippen LogP contribution in [0.15, 0.2) is 0 Å². The molecule has 0 aromatic heterocycles. The van der Waals surface area contributed by atoms with Crippen LogP contribution < -0.4 is 0 Å². The zero-order valence-electron chi connectivity index (χ0n) is 13.7. The smallest absolute Gasteiger partial charge is 0.0556 e. The van der Waals surface area contributed by atoms with Gasteiger partial charge in [-0.1, -0.05) is 20.8 Å². The van der Waals surface area contributed by atoms with Crippen LogP contribution in [0.2, 0.25) is 0 Å². The summed E-state index contributed by atoms with van der Waals surface area (Å²) in [6.07, 6.45) is 6.15. The van der Waals surface area contributed by atoms with Crippen molar-refractivity contribution in [3.63, 3.8) is 0 Å². The molecule has 2 aliphatic rings. The Morgan fingerprint density at radius 3 is 2.60 bits per heavy atom. The highest BCUT2D eigenvalue weighted by molar-refractivity contribution is 4.87. The summed E-state index contributed by atoms with van der Waals surface area (Å²) in [6, 6.07) is 0. The summed E-state index contributed by atoms with van der Waals surface area (Å²) >= 11 is 0. The molecule has 2 atom stereocenters. The molecule has 0 aromatic rings. The van der Waals surface area contributed by atoms with E-state index in [-0.39, 0.29) is 12.0 Å². The molecule has 0 aliphatic carbocycles. The molecule has 0 aromatic carbocycles. The van der Waals surface area contributed by atoms with Gasteiger partial charge in [-0.25, -0.2) is 0 Å². The Kier molecular flexibility index (Phi) is 5.49. The second-order valence-electron chi connectivity index (χ2n) is 8.08. The van der Waals surface area contributed by atoms with Crippen molar-refractivity contribution >= 4 is 0 Å². The maximum Gasteiger partial charge on any atom is 0.0556 e. The highest BCUT2D eigenvalue weighted by Crippen LogP contribution is 2.36. The van der Waals surface area contributed by atoms with E-state index in [2.05, 4.69) is 25.7 Å². The average Bonchev–Trinajstić information content (AvgIpc) is 2.65. The van der Waals surface area contributed by atoms with Crippen molar-refractivity contribution in [2.24, 2.45) is 16.7 Å². The van der Waals surface area contributed by atoms with Crippen LogP contribution in [-0.4, -0.2) is 49.5 Å². The Labute approximate surface area is 124 Å². The van der Waals surface area contributed by atoms with Crippen molar-refractivity contribution in [3.8, 4) is 0 Å². The van der Waals surface area contributed by atoms with E-state index in [1.165, 1.54) is 32.4 Å². The maximum absolute atomic E-state index is 9.82. The van der Waals surface area contributed by atoms with Gasteiger partial charge in [-0.15, -0.1) is 0 Å². The number of aliphatic hydroxyl groups is 1. The topological polar surface area (TPSA) is 32.7 Å². The van der Waals surface area contributed by atoms with Gasteiger partial charge in [0.15, 0.2) is 0 Å². The SMILES string of the molecule is CC(C)(C)C1CCCN(CC2(CO)CCCOC2)CC1. The molecule has 0 radical (unpaired) electrons. The van der Waals surface area contributed by atoms with Crippen molar-refractivity contribution in [2.75, 3.05) is 39.5 Å². The van der Waals surface area contributed by atoms with Gasteiger partial charge in [0.05, 0.1) is 13.2 Å². The van der Waals surface area contributed by atoms with E-state index in [1.807, 2.05) is 0 Å². The Balaban J connectivity index is 1.90. The van der Waals surface area contributed by atoms with E-state index in [0.717, 1.165) is 38.5 Å². The summed E-state index contributed by atoms with van der Waals surface area (Å²) in [5, 5.41) is 9.82. The molecule has 118 valence electrons. The van der Waals surface area contributed by atoms with Gasteiger partial charge >= 0.3 is 0 Å². The molecule has 2 unspecified atom stereocenters. The summed E-state index contributed by atoms with van der Waals surface area (Å²) in [5.74, 6) is 0.834. The summed E-state index contributed by atoms with van der Waals surface area (Å²) in [5.41, 5.74) is 0.429. The molecular formula is C17H33NO2. The molecule has 2 heterocycles. The fourth-order valence-electron chi connectivity index (χ4n) is 3.86. The van der Waals surface area contributed by atoms with Gasteiger partial charge < -0.3 is 14.7 Å². The first-order valence-electron chi connectivity index (χ1n) is 8.36. The second kappa shape index (κ2) is 6.76. The lowest BCUT2D eigenvalue weighted by Gasteiger charge is -2.39. The zero-order valence-corrected chi connectivity index (χ0v) is 13.7. The lowest BCUT2D eigenvalue weighted by Crippen LogP contribution is -2.46. The predicted molar refractivity (Wildman–Crippen MR) is 82.8 cm³/mol. The number of nitrogens with zero attached hydrogens (tertiary/aromatic N) is 1. The summed E-state index contributed by atoms with van der Waals surface area (Å²) in [7, 11) is 0. The minimum Gasteiger partial charge on any atom is -0.396 e. The zero-order chi connectivity index (χ0) is 14.6. The van der Waals surface area contributed by atoms with Crippen molar-refractivity contribution in [2.45, 2.75) is 52.9 Å². The molecule has 0 spiro atoms. The van der Waals surface area contributed by atoms with Crippen molar-refractivity contribution in [1.29, 1.82) is 0 Å². The van der Waals surface area contributed by atoms with E-state index in [4.69, 9.17) is 4.74 Å². The van der Waals surface area contributed by atoms with Gasteiger partial charge in [-0.2, -0.15) is 0 Å². The highest BCUT2D eigenvalue weighted by atomic mass is 16.5. The largest absolute Gasteiger partial charge is 0.396 e. The maximum atomic E-state index is 9.82. The van der Waals surface area contributed by atoms with Crippen LogP contribution in [0.5, 0.6) is 0 Å². The molecule has 3 nitrogen and oxygen atoms in total. The molecule has 0 saturated carbocycles. The summed E-state index contributed by atoms with van der Waals surface area (Å²) in [4.78, 5) is 2.58. The minimum atomic E-state index is -0.000179. The normalized spacial score (nSPS) is 33.9. The van der Waals surface area contributed by atoms with Crippen molar-refractivity contribution in [3.05, 3.63) is 0 Å². The number of hydrogen-bond donors (Lipinski definition) is 1. The van der Waals surface area contributed by atoms with Gasteiger partial charge in [0.25, 0.3) is 0 Å². The number of hydrogen-bond acceptors (Lipinski definition) is 3. The Bertz CT molecular complexity index is 292. The molecule has 2 fully saturated rings. The Morgan fingerprint density at radius 1 is 1.20 bits per heavy atom. The van der Waals surface area contributed by atoms with Gasteiger partial charge in [0.1, 0.15) is 0 Å². The van der Waals surface area contributed by atoms with E-state index >= 15 is 0 Å². The lowest BCUT2D eigenvalue weighted by atomic mass is 9.77. The summed E-state index contributed by atoms with van der Waals surface area (Å²) < 4.78 is 5.64. The van der Waals surface area contributed by atoms with Gasteiger partial charge in [0, 0.05) is 18.6 Å². The Hall–Kier alpha value is -0.120. The molecule has 0 bridgehead atoms. The number of likely N-dealkylation sites (tertiary alicyclic amines) is 1. The van der Waals surface area contributed by atoms with Gasteiger partial charge in [0.2, 0.25) is 0 Å². The van der Waals surface area contributed by atoms with Crippen LogP contribution >= 0.6 is 0 Å². The summed E-state index contributed by atoms with van der Waals surface area (Å²) in [6.45, 7) is 12.4. The third-order valence-electron chi connectivity index (χ3n) is 5.34. The molecule has 1 N–H and O–H groups in total. The second-order valence-corrected chi connectivity index (χ2v) is 8.08. The van der Waals surface area contributed by atoms with Crippen LogP contribution in [0, 0.1) is 16.7 Å². The molecule has 2 aliphatic heterocycles. The van der Waals surface area contributed by atoms with Crippen LogP contribution in [0.25, 0.3) is 0 Å². The van der Waals surface area contributed by atoms with Crippen LogP contribution in [0.1, 0.15) is 52.9 Å². The number of aliphatic hydroxyl groups excluding tert-OH is 1. The first-order chi connectivity index (χ1) is 9.45. The van der Waals surface area contributed by atoms with E-state index < -0.39 is 0 Å². The van der Waals surface area contributed by atoms with Gasteiger partial charge in [-0.05, 0) is 56.5 Å². The molecule has 2 rings (SSSR count). The minimum absolute atomic E-state index is 0.000179. The first kappa shape index (κ1) is 16.3. The van der Waals surface area contributed by atoms with Crippen molar-refractivity contribution in [1.82, 2.24) is 4.90 Å². The van der Waals surface area contributed by atoms with E-state index in [0.29, 0.717) is 5.41 Å². The monoisotopic (exact) mass is 283 g/mol. The van der Waals surface area contributed by atoms with Crippen LogP contribution in [-0.2, 0) is 4.74 Å². The molecular weight excluding hydrogens is 250 g/mol. The van der Waals surface area contributed by atoms with Crippen molar-refractivity contribution < 1.29 is 9.84 Å².